The van der Waals surface area contributed by atoms with Gasteiger partial charge in [0.05, 0.1) is 11.6 Å². The van der Waals surface area contributed by atoms with Crippen LogP contribution in [0.2, 0.25) is 0 Å². The second kappa shape index (κ2) is 8.30. The Balaban J connectivity index is 1.57. The maximum absolute atomic E-state index is 13.1. The summed E-state index contributed by atoms with van der Waals surface area (Å²) in [7, 11) is 0. The predicted octanol–water partition coefficient (Wildman–Crippen LogP) is 3.70. The number of amides is 3. The van der Waals surface area contributed by atoms with E-state index in [1.165, 1.54) is 24.3 Å². The first-order chi connectivity index (χ1) is 14.7. The highest BCUT2D eigenvalue weighted by Crippen LogP contribution is 2.31. The molecule has 31 heavy (non-hydrogen) atoms. The lowest BCUT2D eigenvalue weighted by molar-refractivity contribution is -0.132. The molecule has 1 aromatic heterocycles. The van der Waals surface area contributed by atoms with Gasteiger partial charge in [0.15, 0.2) is 6.29 Å². The third-order valence-corrected chi connectivity index (χ3v) is 5.85. The fourth-order valence-electron chi connectivity index (χ4n) is 4.13. The molecule has 1 saturated carbocycles. The van der Waals surface area contributed by atoms with Crippen molar-refractivity contribution in [1.29, 1.82) is 0 Å². The molecule has 3 atom stereocenters. The molecular formula is C22H29FN6O2. The summed E-state index contributed by atoms with van der Waals surface area (Å²) in [4.78, 5) is 25.3. The van der Waals surface area contributed by atoms with Gasteiger partial charge in [0, 0.05) is 23.2 Å². The van der Waals surface area contributed by atoms with Gasteiger partial charge in [-0.15, -0.1) is 0 Å². The predicted molar refractivity (Wildman–Crippen MR) is 116 cm³/mol. The molecule has 1 saturated heterocycles. The van der Waals surface area contributed by atoms with Crippen molar-refractivity contribution in [1.82, 2.24) is 20.4 Å². The monoisotopic (exact) mass is 428 g/mol. The SMILES string of the molecule is CC(C)(C)c1cc(NC(=O)Nc2ccc(F)cc2)n(C2NC(=O)C3CCCCC3N2)n1. The minimum atomic E-state index is -0.552. The van der Waals surface area contributed by atoms with E-state index in [0.717, 1.165) is 31.4 Å². The Morgan fingerprint density at radius 2 is 1.87 bits per heavy atom. The first-order valence-electron chi connectivity index (χ1n) is 10.7. The number of benzene rings is 1. The summed E-state index contributed by atoms with van der Waals surface area (Å²) in [5.41, 5.74) is 1.00. The van der Waals surface area contributed by atoms with E-state index in [0.29, 0.717) is 11.5 Å². The number of anilines is 2. The molecule has 2 fully saturated rings. The lowest BCUT2D eigenvalue weighted by Gasteiger charge is -2.40. The molecule has 1 aromatic carbocycles. The summed E-state index contributed by atoms with van der Waals surface area (Å²) < 4.78 is 14.7. The second-order valence-electron chi connectivity index (χ2n) is 9.27. The number of nitrogens with zero attached hydrogens (tertiary/aromatic N) is 2. The van der Waals surface area contributed by atoms with Gasteiger partial charge >= 0.3 is 6.03 Å². The smallest absolute Gasteiger partial charge is 0.322 e. The van der Waals surface area contributed by atoms with Crippen LogP contribution in [0.4, 0.5) is 20.7 Å². The number of hydrogen-bond acceptors (Lipinski definition) is 4. The molecule has 1 aliphatic heterocycles. The van der Waals surface area contributed by atoms with E-state index in [2.05, 4.69) is 21.3 Å². The highest BCUT2D eigenvalue weighted by atomic mass is 19.1. The molecule has 4 rings (SSSR count). The van der Waals surface area contributed by atoms with Crippen LogP contribution in [0, 0.1) is 11.7 Å². The second-order valence-corrected chi connectivity index (χ2v) is 9.27. The maximum atomic E-state index is 13.1. The standard InChI is InChI=1S/C22H29FN6O2/c1-22(2,3)17-12-18(26-21(31)24-14-10-8-13(23)9-11-14)29(28-17)20-25-16-7-5-4-6-15(16)19(30)27-20/h8-12,15-16,20,25H,4-7H2,1-3H3,(H,27,30)(H2,24,26,31). The zero-order valence-corrected chi connectivity index (χ0v) is 18.0. The van der Waals surface area contributed by atoms with Crippen LogP contribution in [-0.4, -0.2) is 27.8 Å². The Morgan fingerprint density at radius 3 is 2.58 bits per heavy atom. The van der Waals surface area contributed by atoms with Crippen molar-refractivity contribution in [2.24, 2.45) is 5.92 Å². The molecule has 166 valence electrons. The molecule has 3 unspecified atom stereocenters. The number of halogens is 1. The number of hydrogen-bond donors (Lipinski definition) is 4. The molecule has 3 amide bonds. The van der Waals surface area contributed by atoms with Crippen LogP contribution in [0.15, 0.2) is 30.3 Å². The van der Waals surface area contributed by atoms with Crippen LogP contribution in [-0.2, 0) is 10.2 Å². The molecule has 1 aliphatic carbocycles. The maximum Gasteiger partial charge on any atom is 0.324 e. The molecule has 8 nitrogen and oxygen atoms in total. The van der Waals surface area contributed by atoms with E-state index in [1.807, 2.05) is 26.8 Å². The quantitative estimate of drug-likeness (QED) is 0.599. The van der Waals surface area contributed by atoms with Crippen LogP contribution in [0.5, 0.6) is 0 Å². The van der Waals surface area contributed by atoms with Crippen LogP contribution in [0.3, 0.4) is 0 Å². The zero-order valence-electron chi connectivity index (χ0n) is 18.0. The summed E-state index contributed by atoms with van der Waals surface area (Å²) in [5, 5.41) is 16.7. The number of rotatable bonds is 3. The Bertz CT molecular complexity index is 965. The van der Waals surface area contributed by atoms with Crippen molar-refractivity contribution < 1.29 is 14.0 Å². The van der Waals surface area contributed by atoms with Crippen molar-refractivity contribution in [3.8, 4) is 0 Å². The van der Waals surface area contributed by atoms with Crippen molar-refractivity contribution in [2.45, 2.75) is 64.2 Å². The van der Waals surface area contributed by atoms with E-state index in [-0.39, 0.29) is 29.1 Å². The van der Waals surface area contributed by atoms with Gasteiger partial charge in [0.25, 0.3) is 0 Å². The minimum Gasteiger partial charge on any atom is -0.322 e. The lowest BCUT2D eigenvalue weighted by Crippen LogP contribution is -2.59. The molecule has 2 aromatic rings. The van der Waals surface area contributed by atoms with Crippen LogP contribution < -0.4 is 21.3 Å². The topological polar surface area (TPSA) is 100 Å². The van der Waals surface area contributed by atoms with Gasteiger partial charge in [-0.3, -0.25) is 15.4 Å². The van der Waals surface area contributed by atoms with E-state index in [1.54, 1.807) is 4.68 Å². The number of fused-ring (bicyclic) bond motifs is 1. The van der Waals surface area contributed by atoms with Gasteiger partial charge in [-0.25, -0.2) is 13.9 Å². The lowest BCUT2D eigenvalue weighted by atomic mass is 9.83. The van der Waals surface area contributed by atoms with E-state index in [4.69, 9.17) is 5.10 Å². The first-order valence-corrected chi connectivity index (χ1v) is 10.7. The van der Waals surface area contributed by atoms with E-state index >= 15 is 0 Å². The fourth-order valence-corrected chi connectivity index (χ4v) is 4.13. The summed E-state index contributed by atoms with van der Waals surface area (Å²) >= 11 is 0. The molecule has 2 aliphatic rings. The Labute approximate surface area is 181 Å². The summed E-state index contributed by atoms with van der Waals surface area (Å²) in [6.07, 6.45) is 3.42. The molecular weight excluding hydrogens is 399 g/mol. The van der Waals surface area contributed by atoms with Gasteiger partial charge in [-0.1, -0.05) is 33.6 Å². The van der Waals surface area contributed by atoms with Gasteiger partial charge < -0.3 is 10.6 Å². The van der Waals surface area contributed by atoms with Crippen molar-refractivity contribution in [3.05, 3.63) is 41.8 Å². The Morgan fingerprint density at radius 1 is 1.16 bits per heavy atom. The van der Waals surface area contributed by atoms with Crippen LogP contribution in [0.1, 0.15) is 58.4 Å². The normalized spacial score (nSPS) is 23.6. The third-order valence-electron chi connectivity index (χ3n) is 5.85. The number of urea groups is 1. The van der Waals surface area contributed by atoms with Crippen molar-refractivity contribution >= 4 is 23.4 Å². The van der Waals surface area contributed by atoms with Gasteiger partial charge in [0.2, 0.25) is 5.91 Å². The summed E-state index contributed by atoms with van der Waals surface area (Å²) in [6.45, 7) is 6.10. The van der Waals surface area contributed by atoms with Crippen LogP contribution >= 0.6 is 0 Å². The van der Waals surface area contributed by atoms with Gasteiger partial charge in [0.1, 0.15) is 11.6 Å². The molecule has 4 N–H and O–H groups in total. The molecule has 0 radical (unpaired) electrons. The number of carbonyl (C=O) groups is 2. The highest BCUT2D eigenvalue weighted by Gasteiger charge is 2.39. The Kier molecular flexibility index (Phi) is 5.70. The molecule has 0 bridgehead atoms. The first kappa shape index (κ1) is 21.3. The van der Waals surface area contributed by atoms with E-state index < -0.39 is 12.3 Å². The average molecular weight is 429 g/mol. The highest BCUT2D eigenvalue weighted by molar-refractivity contribution is 5.99. The Hall–Kier alpha value is -2.94. The largest absolute Gasteiger partial charge is 0.324 e. The number of aromatic nitrogens is 2. The number of carbonyl (C=O) groups excluding carboxylic acids is 2. The summed E-state index contributed by atoms with van der Waals surface area (Å²) in [6, 6.07) is 6.95. The number of nitrogens with one attached hydrogen (secondary N) is 4. The fraction of sp³-hybridized carbons (Fsp3) is 0.500. The van der Waals surface area contributed by atoms with Gasteiger partial charge in [-0.05, 0) is 37.1 Å². The third kappa shape index (κ3) is 4.71. The average Bonchev–Trinajstić information content (AvgIpc) is 3.14. The molecule has 2 heterocycles. The zero-order chi connectivity index (χ0) is 22.2. The van der Waals surface area contributed by atoms with Crippen LogP contribution in [0.25, 0.3) is 0 Å². The van der Waals surface area contributed by atoms with Crippen molar-refractivity contribution in [2.75, 3.05) is 10.6 Å². The minimum absolute atomic E-state index is 0.0166. The molecule has 0 spiro atoms. The van der Waals surface area contributed by atoms with Crippen molar-refractivity contribution in [3.63, 3.8) is 0 Å². The summed E-state index contributed by atoms with van der Waals surface area (Å²) in [5.74, 6) is 0.0689. The van der Waals surface area contributed by atoms with E-state index in [9.17, 15) is 14.0 Å². The molecule has 9 heteroatoms. The van der Waals surface area contributed by atoms with Gasteiger partial charge in [-0.2, -0.15) is 5.10 Å².